The van der Waals surface area contributed by atoms with Crippen molar-refractivity contribution in [2.75, 3.05) is 26.3 Å². The van der Waals surface area contributed by atoms with E-state index < -0.39 is 0 Å². The molecule has 18 heavy (non-hydrogen) atoms. The fourth-order valence-corrected chi connectivity index (χ4v) is 3.22. The summed E-state index contributed by atoms with van der Waals surface area (Å²) >= 11 is 0. The van der Waals surface area contributed by atoms with Gasteiger partial charge in [0, 0.05) is 26.3 Å². The Bertz CT molecular complexity index is 288. The summed E-state index contributed by atoms with van der Waals surface area (Å²) in [4.78, 5) is 12.3. The summed E-state index contributed by atoms with van der Waals surface area (Å²) in [6, 6.07) is 0. The van der Waals surface area contributed by atoms with Crippen LogP contribution >= 0.6 is 0 Å². The van der Waals surface area contributed by atoms with Crippen molar-refractivity contribution in [2.45, 2.75) is 39.0 Å². The van der Waals surface area contributed by atoms with Crippen LogP contribution in [0.25, 0.3) is 0 Å². The Balaban J connectivity index is 1.82. The first-order valence-electron chi connectivity index (χ1n) is 7.22. The Hall–Kier alpha value is -0.610. The summed E-state index contributed by atoms with van der Waals surface area (Å²) in [7, 11) is 0. The molecule has 2 rings (SSSR count). The molecule has 0 bridgehead atoms. The molecule has 0 spiro atoms. The second kappa shape index (κ2) is 6.02. The van der Waals surface area contributed by atoms with Gasteiger partial charge in [0.2, 0.25) is 5.91 Å². The zero-order valence-electron chi connectivity index (χ0n) is 11.4. The molecular formula is C14H26N2O2. The van der Waals surface area contributed by atoms with Crippen molar-refractivity contribution in [3.05, 3.63) is 0 Å². The van der Waals surface area contributed by atoms with Gasteiger partial charge < -0.3 is 15.8 Å². The van der Waals surface area contributed by atoms with Crippen LogP contribution < -0.4 is 11.1 Å². The van der Waals surface area contributed by atoms with E-state index in [2.05, 4.69) is 12.2 Å². The van der Waals surface area contributed by atoms with E-state index in [1.807, 2.05) is 0 Å². The van der Waals surface area contributed by atoms with Gasteiger partial charge in [0.25, 0.3) is 0 Å². The molecular weight excluding hydrogens is 228 g/mol. The lowest BCUT2D eigenvalue weighted by atomic mass is 9.79. The smallest absolute Gasteiger partial charge is 0.227 e. The fourth-order valence-electron chi connectivity index (χ4n) is 3.22. The van der Waals surface area contributed by atoms with Crippen LogP contribution in [0.2, 0.25) is 0 Å². The average molecular weight is 254 g/mol. The molecule has 0 aromatic rings. The van der Waals surface area contributed by atoms with E-state index in [-0.39, 0.29) is 11.3 Å². The summed E-state index contributed by atoms with van der Waals surface area (Å²) < 4.78 is 5.33. The van der Waals surface area contributed by atoms with Crippen molar-refractivity contribution in [3.8, 4) is 0 Å². The topological polar surface area (TPSA) is 64.4 Å². The van der Waals surface area contributed by atoms with Gasteiger partial charge in [-0.15, -0.1) is 0 Å². The molecule has 1 aliphatic carbocycles. The van der Waals surface area contributed by atoms with Gasteiger partial charge in [0.1, 0.15) is 0 Å². The highest BCUT2D eigenvalue weighted by molar-refractivity contribution is 5.83. The Morgan fingerprint density at radius 1 is 1.39 bits per heavy atom. The molecule has 1 aliphatic heterocycles. The first kappa shape index (κ1) is 13.8. The van der Waals surface area contributed by atoms with Gasteiger partial charge in [0.15, 0.2) is 0 Å². The van der Waals surface area contributed by atoms with Crippen LogP contribution in [-0.4, -0.2) is 32.2 Å². The highest BCUT2D eigenvalue weighted by Crippen LogP contribution is 2.32. The number of nitrogens with two attached hydrogens (primary N) is 1. The molecule has 1 saturated heterocycles. The van der Waals surface area contributed by atoms with Crippen LogP contribution in [0.5, 0.6) is 0 Å². The molecule has 0 aromatic carbocycles. The third-order valence-corrected chi connectivity index (χ3v) is 4.68. The summed E-state index contributed by atoms with van der Waals surface area (Å²) in [5.41, 5.74) is 5.46. The van der Waals surface area contributed by atoms with Crippen LogP contribution in [0.1, 0.15) is 39.0 Å². The van der Waals surface area contributed by atoms with Crippen molar-refractivity contribution < 1.29 is 9.53 Å². The van der Waals surface area contributed by atoms with E-state index in [1.165, 1.54) is 19.3 Å². The van der Waals surface area contributed by atoms with Crippen LogP contribution in [-0.2, 0) is 9.53 Å². The predicted molar refractivity (Wildman–Crippen MR) is 71.1 cm³/mol. The quantitative estimate of drug-likeness (QED) is 0.794. The van der Waals surface area contributed by atoms with Crippen molar-refractivity contribution in [2.24, 2.45) is 23.0 Å². The van der Waals surface area contributed by atoms with E-state index in [0.717, 1.165) is 25.3 Å². The van der Waals surface area contributed by atoms with Gasteiger partial charge in [0.05, 0.1) is 5.41 Å². The largest absolute Gasteiger partial charge is 0.381 e. The summed E-state index contributed by atoms with van der Waals surface area (Å²) in [5, 5.41) is 3.13. The first-order valence-corrected chi connectivity index (χ1v) is 7.22. The maximum absolute atomic E-state index is 12.3. The summed E-state index contributed by atoms with van der Waals surface area (Å²) in [6.45, 7) is 4.87. The normalized spacial score (nSPS) is 31.2. The molecule has 2 fully saturated rings. The average Bonchev–Trinajstić information content (AvgIpc) is 2.82. The second-order valence-corrected chi connectivity index (χ2v) is 6.09. The van der Waals surface area contributed by atoms with Gasteiger partial charge in [-0.25, -0.2) is 0 Å². The number of hydrogen-bond donors (Lipinski definition) is 2. The molecule has 2 atom stereocenters. The third-order valence-electron chi connectivity index (χ3n) is 4.68. The molecule has 3 N–H and O–H groups in total. The summed E-state index contributed by atoms with van der Waals surface area (Å²) in [5.74, 6) is 1.63. The molecule has 1 saturated carbocycles. The first-order chi connectivity index (χ1) is 8.66. The highest BCUT2D eigenvalue weighted by atomic mass is 16.5. The Morgan fingerprint density at radius 2 is 2.11 bits per heavy atom. The lowest BCUT2D eigenvalue weighted by Gasteiger charge is -2.34. The number of ether oxygens (including phenoxy) is 1. The van der Waals surface area contributed by atoms with E-state index in [9.17, 15) is 4.79 Å². The number of amides is 1. The minimum atomic E-state index is -0.373. The second-order valence-electron chi connectivity index (χ2n) is 6.09. The van der Waals surface area contributed by atoms with Gasteiger partial charge in [-0.2, -0.15) is 0 Å². The molecule has 104 valence electrons. The van der Waals surface area contributed by atoms with Crippen molar-refractivity contribution in [1.29, 1.82) is 0 Å². The SMILES string of the molecule is CC1CCC(CNC(=O)C2(CN)CCOCC2)C1. The Morgan fingerprint density at radius 3 is 2.67 bits per heavy atom. The maximum Gasteiger partial charge on any atom is 0.227 e. The van der Waals surface area contributed by atoms with Crippen LogP contribution in [0.4, 0.5) is 0 Å². The third kappa shape index (κ3) is 3.04. The number of carbonyl (C=O) groups is 1. The van der Waals surface area contributed by atoms with Crippen molar-refractivity contribution >= 4 is 5.91 Å². The maximum atomic E-state index is 12.3. The molecule has 2 unspecified atom stereocenters. The molecule has 1 heterocycles. The lowest BCUT2D eigenvalue weighted by molar-refractivity contribution is -0.136. The monoisotopic (exact) mass is 254 g/mol. The van der Waals surface area contributed by atoms with E-state index in [0.29, 0.717) is 25.7 Å². The molecule has 4 heteroatoms. The number of nitrogens with one attached hydrogen (secondary N) is 1. The minimum absolute atomic E-state index is 0.146. The van der Waals surface area contributed by atoms with Gasteiger partial charge in [-0.3, -0.25) is 4.79 Å². The van der Waals surface area contributed by atoms with Crippen LogP contribution in [0.3, 0.4) is 0 Å². The Kier molecular flexibility index (Phi) is 4.62. The zero-order valence-corrected chi connectivity index (χ0v) is 11.4. The Labute approximate surface area is 110 Å². The number of carbonyl (C=O) groups excluding carboxylic acids is 1. The van der Waals surface area contributed by atoms with Crippen molar-refractivity contribution in [1.82, 2.24) is 5.32 Å². The lowest BCUT2D eigenvalue weighted by Crippen LogP contribution is -2.50. The highest BCUT2D eigenvalue weighted by Gasteiger charge is 2.38. The van der Waals surface area contributed by atoms with Crippen LogP contribution in [0, 0.1) is 17.3 Å². The molecule has 0 aromatic heterocycles. The molecule has 1 amide bonds. The number of hydrogen-bond acceptors (Lipinski definition) is 3. The standard InChI is InChI=1S/C14H26N2O2/c1-11-2-3-12(8-11)9-16-13(17)14(10-15)4-6-18-7-5-14/h11-12H,2-10,15H2,1H3,(H,16,17). The fraction of sp³-hybridized carbons (Fsp3) is 0.929. The predicted octanol–water partition coefficient (Wildman–Crippen LogP) is 1.29. The van der Waals surface area contributed by atoms with Gasteiger partial charge in [-0.05, 0) is 37.5 Å². The molecule has 2 aliphatic rings. The van der Waals surface area contributed by atoms with E-state index in [4.69, 9.17) is 10.5 Å². The summed E-state index contributed by atoms with van der Waals surface area (Å²) in [6.07, 6.45) is 5.32. The van der Waals surface area contributed by atoms with Crippen LogP contribution in [0.15, 0.2) is 0 Å². The van der Waals surface area contributed by atoms with E-state index >= 15 is 0 Å². The van der Waals surface area contributed by atoms with E-state index in [1.54, 1.807) is 0 Å². The zero-order chi connectivity index (χ0) is 13.0. The molecule has 0 radical (unpaired) electrons. The van der Waals surface area contributed by atoms with Gasteiger partial charge >= 0.3 is 0 Å². The van der Waals surface area contributed by atoms with Gasteiger partial charge in [-0.1, -0.05) is 13.3 Å². The minimum Gasteiger partial charge on any atom is -0.381 e. The molecule has 4 nitrogen and oxygen atoms in total. The number of rotatable bonds is 4. The van der Waals surface area contributed by atoms with Crippen molar-refractivity contribution in [3.63, 3.8) is 0 Å².